The topological polar surface area (TPSA) is 130 Å². The van der Waals surface area contributed by atoms with E-state index in [1.807, 2.05) is 60.7 Å². The first-order valence-electron chi connectivity index (χ1n) is 15.3. The van der Waals surface area contributed by atoms with Crippen LogP contribution in [-0.2, 0) is 0 Å². The number of benzene rings is 3. The first kappa shape index (κ1) is 29.4. The van der Waals surface area contributed by atoms with Crippen LogP contribution < -0.4 is 29.2 Å². The third-order valence-corrected chi connectivity index (χ3v) is 8.01. The second-order valence-electron chi connectivity index (χ2n) is 11.0. The summed E-state index contributed by atoms with van der Waals surface area (Å²) < 4.78 is 22.7. The van der Waals surface area contributed by atoms with E-state index in [1.165, 1.54) is 0 Å². The highest BCUT2D eigenvalue weighted by Crippen LogP contribution is 2.35. The van der Waals surface area contributed by atoms with Crippen molar-refractivity contribution in [1.29, 1.82) is 0 Å². The molecule has 8 rings (SSSR count). The van der Waals surface area contributed by atoms with Crippen LogP contribution in [0.1, 0.15) is 12.8 Å². The third-order valence-electron chi connectivity index (χ3n) is 8.01. The number of methoxy groups -OCH3 is 2. The van der Waals surface area contributed by atoms with Crippen molar-refractivity contribution in [2.24, 2.45) is 0 Å². The summed E-state index contributed by atoms with van der Waals surface area (Å²) in [5, 5.41) is 4.17. The molecule has 0 amide bonds. The fourth-order valence-corrected chi connectivity index (χ4v) is 5.70. The molecule has 12 heteroatoms. The van der Waals surface area contributed by atoms with Gasteiger partial charge in [-0.25, -0.2) is 29.9 Å². The molecule has 2 atom stereocenters. The number of aromatic nitrogens is 6. The number of nitrogens with one attached hydrogen (secondary N) is 1. The Morgan fingerprint density at radius 2 is 1.33 bits per heavy atom. The summed E-state index contributed by atoms with van der Waals surface area (Å²) in [7, 11) is 3.24. The molecule has 0 radical (unpaired) electrons. The highest BCUT2D eigenvalue weighted by atomic mass is 16.5. The van der Waals surface area contributed by atoms with Crippen LogP contribution in [0.5, 0.6) is 23.3 Å². The van der Waals surface area contributed by atoms with Gasteiger partial charge in [0.15, 0.2) is 11.5 Å². The standard InChI is InChI=1S/C22H21N5O3.C12H13N3O/c1-28-19-9-15-18(10-20(19)29-2)24-13-25-22(15)27-8-7-14(12-27)30-21-11-23-16-5-3-4-6-17(16)26-21;1-2-4-11-10(3-1)14-8-12(15-11)16-9-5-6-13-7-9/h3-6,9-11,13-14H,7-8,12H2,1-2H3;1-4,8-9,13H,5-7H2. The lowest BCUT2D eigenvalue weighted by atomic mass is 10.2. The van der Waals surface area contributed by atoms with E-state index in [4.69, 9.17) is 18.9 Å². The van der Waals surface area contributed by atoms with E-state index in [9.17, 15) is 0 Å². The van der Waals surface area contributed by atoms with Crippen molar-refractivity contribution in [2.75, 3.05) is 45.3 Å². The minimum atomic E-state index is 0.00521. The van der Waals surface area contributed by atoms with Gasteiger partial charge in [-0.15, -0.1) is 0 Å². The van der Waals surface area contributed by atoms with Gasteiger partial charge in [0.1, 0.15) is 24.4 Å². The van der Waals surface area contributed by atoms with Gasteiger partial charge in [0.05, 0.1) is 60.7 Å². The second-order valence-corrected chi connectivity index (χ2v) is 11.0. The number of hydrogen-bond donors (Lipinski definition) is 1. The smallest absolute Gasteiger partial charge is 0.233 e. The number of rotatable bonds is 7. The third kappa shape index (κ3) is 6.38. The van der Waals surface area contributed by atoms with E-state index >= 15 is 0 Å². The lowest BCUT2D eigenvalue weighted by Crippen LogP contribution is -2.25. The van der Waals surface area contributed by atoms with Crippen molar-refractivity contribution in [1.82, 2.24) is 35.2 Å². The Bertz CT molecular complexity index is 1970. The Morgan fingerprint density at radius 3 is 1.96 bits per heavy atom. The highest BCUT2D eigenvalue weighted by molar-refractivity contribution is 5.92. The van der Waals surface area contributed by atoms with Gasteiger partial charge in [-0.05, 0) is 43.3 Å². The monoisotopic (exact) mass is 618 g/mol. The average Bonchev–Trinajstić information content (AvgIpc) is 3.80. The predicted molar refractivity (Wildman–Crippen MR) is 175 cm³/mol. The number of hydrogen-bond acceptors (Lipinski definition) is 12. The minimum absolute atomic E-state index is 0.00521. The molecule has 2 unspecified atom stereocenters. The van der Waals surface area contributed by atoms with Gasteiger partial charge in [-0.2, -0.15) is 0 Å². The fraction of sp³-hybridized carbons (Fsp3) is 0.294. The van der Waals surface area contributed by atoms with Crippen molar-refractivity contribution in [3.8, 4) is 23.3 Å². The van der Waals surface area contributed by atoms with Crippen LogP contribution in [0.4, 0.5) is 5.82 Å². The van der Waals surface area contributed by atoms with E-state index in [0.29, 0.717) is 29.8 Å². The molecule has 0 aliphatic carbocycles. The zero-order valence-electron chi connectivity index (χ0n) is 25.7. The molecule has 3 aromatic heterocycles. The molecule has 3 aromatic carbocycles. The first-order valence-corrected chi connectivity index (χ1v) is 15.3. The van der Waals surface area contributed by atoms with Crippen LogP contribution in [0, 0.1) is 0 Å². The molecule has 2 aliphatic heterocycles. The summed E-state index contributed by atoms with van der Waals surface area (Å²) >= 11 is 0. The van der Waals surface area contributed by atoms with E-state index in [1.54, 1.807) is 32.9 Å². The summed E-state index contributed by atoms with van der Waals surface area (Å²) in [6.45, 7) is 3.45. The predicted octanol–water partition coefficient (Wildman–Crippen LogP) is 4.62. The molecular formula is C34H34N8O4. The number of para-hydroxylation sites is 4. The van der Waals surface area contributed by atoms with Crippen LogP contribution in [0.2, 0.25) is 0 Å². The summed E-state index contributed by atoms with van der Waals surface area (Å²) in [5.41, 5.74) is 4.27. The maximum absolute atomic E-state index is 6.13. The Hall–Kier alpha value is -5.36. The molecule has 6 aromatic rings. The first-order chi connectivity index (χ1) is 22.7. The molecule has 1 N–H and O–H groups in total. The quantitative estimate of drug-likeness (QED) is 0.268. The van der Waals surface area contributed by atoms with E-state index < -0.39 is 0 Å². The van der Waals surface area contributed by atoms with Gasteiger partial charge in [0, 0.05) is 31.0 Å². The molecule has 0 saturated carbocycles. The van der Waals surface area contributed by atoms with Crippen LogP contribution in [0.3, 0.4) is 0 Å². The summed E-state index contributed by atoms with van der Waals surface area (Å²) in [6, 6.07) is 19.4. The van der Waals surface area contributed by atoms with Gasteiger partial charge in [-0.3, -0.25) is 0 Å². The number of ether oxygens (including phenoxy) is 4. The molecule has 0 bridgehead atoms. The Kier molecular flexibility index (Phi) is 8.51. The second kappa shape index (κ2) is 13.3. The van der Waals surface area contributed by atoms with Gasteiger partial charge in [0.25, 0.3) is 0 Å². The minimum Gasteiger partial charge on any atom is -0.493 e. The molecule has 2 aliphatic rings. The lowest BCUT2D eigenvalue weighted by Gasteiger charge is -2.20. The zero-order chi connectivity index (χ0) is 31.3. The Balaban J connectivity index is 0.000000177. The van der Waals surface area contributed by atoms with Crippen molar-refractivity contribution >= 4 is 38.8 Å². The van der Waals surface area contributed by atoms with Crippen LogP contribution in [0.25, 0.3) is 33.0 Å². The lowest BCUT2D eigenvalue weighted by molar-refractivity contribution is 0.214. The number of nitrogens with zero attached hydrogens (tertiary/aromatic N) is 7. The summed E-state index contributed by atoms with van der Waals surface area (Å²) in [6.07, 6.45) is 7.10. The maximum Gasteiger partial charge on any atom is 0.233 e. The van der Waals surface area contributed by atoms with Crippen molar-refractivity contribution < 1.29 is 18.9 Å². The van der Waals surface area contributed by atoms with Gasteiger partial charge in [-0.1, -0.05) is 24.3 Å². The molecular weight excluding hydrogens is 584 g/mol. The van der Waals surface area contributed by atoms with E-state index in [-0.39, 0.29) is 12.2 Å². The average molecular weight is 619 g/mol. The molecule has 0 spiro atoms. The van der Waals surface area contributed by atoms with Crippen LogP contribution in [-0.4, -0.2) is 82.5 Å². The van der Waals surface area contributed by atoms with Crippen molar-refractivity contribution in [3.05, 3.63) is 79.4 Å². The van der Waals surface area contributed by atoms with Crippen LogP contribution >= 0.6 is 0 Å². The number of fused-ring (bicyclic) bond motifs is 3. The number of anilines is 1. The van der Waals surface area contributed by atoms with Crippen molar-refractivity contribution in [2.45, 2.75) is 25.0 Å². The Labute approximate surface area is 265 Å². The normalized spacial score (nSPS) is 17.6. The molecule has 2 saturated heterocycles. The van der Waals surface area contributed by atoms with E-state index in [2.05, 4.69) is 40.1 Å². The maximum atomic E-state index is 6.13. The highest BCUT2D eigenvalue weighted by Gasteiger charge is 2.27. The summed E-state index contributed by atoms with van der Waals surface area (Å²) in [4.78, 5) is 28.9. The van der Waals surface area contributed by atoms with E-state index in [0.717, 1.165) is 71.3 Å². The molecule has 5 heterocycles. The molecule has 234 valence electrons. The fourth-order valence-electron chi connectivity index (χ4n) is 5.70. The van der Waals surface area contributed by atoms with Crippen molar-refractivity contribution in [3.63, 3.8) is 0 Å². The molecule has 2 fully saturated rings. The zero-order valence-corrected chi connectivity index (χ0v) is 25.7. The van der Waals surface area contributed by atoms with Gasteiger partial charge >= 0.3 is 0 Å². The van der Waals surface area contributed by atoms with Gasteiger partial charge < -0.3 is 29.2 Å². The van der Waals surface area contributed by atoms with Gasteiger partial charge in [0.2, 0.25) is 11.8 Å². The largest absolute Gasteiger partial charge is 0.493 e. The van der Waals surface area contributed by atoms with Crippen LogP contribution in [0.15, 0.2) is 79.4 Å². The SMILES string of the molecule is COc1cc2ncnc(N3CCC(Oc4cnc5ccccc5n4)C3)c2cc1OC.c1ccc2nc(OC3CCNC3)cnc2c1. The molecule has 46 heavy (non-hydrogen) atoms. The Morgan fingerprint density at radius 1 is 0.696 bits per heavy atom. The summed E-state index contributed by atoms with van der Waals surface area (Å²) in [5.74, 6) is 3.31. The molecule has 12 nitrogen and oxygen atoms in total.